The van der Waals surface area contributed by atoms with Gasteiger partial charge in [-0.1, -0.05) is 11.6 Å². The quantitative estimate of drug-likeness (QED) is 0.523. The summed E-state index contributed by atoms with van der Waals surface area (Å²) in [7, 11) is 0. The molecule has 1 saturated carbocycles. The van der Waals surface area contributed by atoms with Gasteiger partial charge in [-0.05, 0) is 38.8 Å². The lowest BCUT2D eigenvalue weighted by Gasteiger charge is -2.38. The molecule has 33 heavy (non-hydrogen) atoms. The first-order valence-electron chi connectivity index (χ1n) is 10.9. The lowest BCUT2D eigenvalue weighted by molar-refractivity contribution is 0.407. The van der Waals surface area contributed by atoms with Crippen LogP contribution in [0.15, 0.2) is 18.3 Å². The molecule has 2 atom stereocenters. The van der Waals surface area contributed by atoms with Gasteiger partial charge >= 0.3 is 0 Å². The van der Waals surface area contributed by atoms with Gasteiger partial charge in [0.25, 0.3) is 0 Å². The molecule has 1 aliphatic carbocycles. The molecular weight excluding hydrogens is 440 g/mol. The summed E-state index contributed by atoms with van der Waals surface area (Å²) in [5.41, 5.74) is 2.55. The largest absolute Gasteiger partial charge is 0.367 e. The predicted octanol–water partition coefficient (Wildman–Crippen LogP) is 3.03. The fraction of sp³-hybridized carbons (Fsp3) is 0.409. The molecular formula is C22H23ClN10. The van der Waals surface area contributed by atoms with Crippen LogP contribution in [0.2, 0.25) is 5.02 Å². The fourth-order valence-corrected chi connectivity index (χ4v) is 4.43. The lowest BCUT2D eigenvalue weighted by Crippen LogP contribution is -2.54. The van der Waals surface area contributed by atoms with Gasteiger partial charge in [0.2, 0.25) is 11.9 Å². The number of nitrogens with zero attached hydrogens (tertiary/aromatic N) is 7. The van der Waals surface area contributed by atoms with Crippen molar-refractivity contribution in [3.05, 3.63) is 34.5 Å². The molecule has 0 bridgehead atoms. The molecule has 1 aliphatic heterocycles. The van der Waals surface area contributed by atoms with Crippen LogP contribution < -0.4 is 20.9 Å². The first-order valence-corrected chi connectivity index (χ1v) is 11.3. The zero-order valence-corrected chi connectivity index (χ0v) is 19.1. The van der Waals surface area contributed by atoms with Crippen molar-refractivity contribution in [2.45, 2.75) is 44.8 Å². The molecule has 0 spiro atoms. The molecule has 0 amide bonds. The van der Waals surface area contributed by atoms with Gasteiger partial charge in [-0.15, -0.1) is 0 Å². The summed E-state index contributed by atoms with van der Waals surface area (Å²) in [6.07, 6.45) is 3.59. The smallest absolute Gasteiger partial charge is 0.232 e. The highest BCUT2D eigenvalue weighted by atomic mass is 35.5. The van der Waals surface area contributed by atoms with E-state index < -0.39 is 0 Å². The monoisotopic (exact) mass is 462 g/mol. The molecule has 3 N–H and O–H groups in total. The zero-order chi connectivity index (χ0) is 23.1. The molecule has 0 radical (unpaired) electrons. The van der Waals surface area contributed by atoms with Crippen LogP contribution in [-0.2, 0) is 0 Å². The maximum atomic E-state index is 9.64. The van der Waals surface area contributed by atoms with Crippen LogP contribution in [0, 0.1) is 22.7 Å². The number of aromatic nitrogens is 4. The number of hydrogen-bond donors (Lipinski definition) is 3. The van der Waals surface area contributed by atoms with Crippen molar-refractivity contribution in [2.75, 3.05) is 28.6 Å². The van der Waals surface area contributed by atoms with Crippen molar-refractivity contribution in [2.24, 2.45) is 0 Å². The highest BCUT2D eigenvalue weighted by molar-refractivity contribution is 6.36. The van der Waals surface area contributed by atoms with Crippen molar-refractivity contribution >= 4 is 40.5 Å². The van der Waals surface area contributed by atoms with Crippen LogP contribution in [-0.4, -0.2) is 50.8 Å². The van der Waals surface area contributed by atoms with Gasteiger partial charge in [-0.25, -0.2) is 0 Å². The topological polar surface area (TPSA) is 130 Å². The van der Waals surface area contributed by atoms with Crippen LogP contribution in [0.5, 0.6) is 0 Å². The highest BCUT2D eigenvalue weighted by Gasteiger charge is 2.26. The second kappa shape index (κ2) is 8.39. The minimum Gasteiger partial charge on any atom is -0.367 e. The Labute approximate surface area is 196 Å². The molecule has 2 fully saturated rings. The van der Waals surface area contributed by atoms with E-state index in [9.17, 15) is 10.5 Å². The van der Waals surface area contributed by atoms with E-state index >= 15 is 0 Å². The number of nitriles is 2. The Hall–Kier alpha value is -3.60. The second-order valence-electron chi connectivity index (χ2n) is 8.66. The number of hydrogen-bond acceptors (Lipinski definition) is 9. The average molecular weight is 463 g/mol. The van der Waals surface area contributed by atoms with Crippen LogP contribution >= 0.6 is 11.6 Å². The summed E-state index contributed by atoms with van der Waals surface area (Å²) in [4.78, 5) is 11.3. The summed E-state index contributed by atoms with van der Waals surface area (Å²) in [5.74, 6) is 0.775. The molecule has 1 aromatic carbocycles. The molecule has 2 aromatic heterocycles. The van der Waals surface area contributed by atoms with E-state index in [1.807, 2.05) is 6.07 Å². The minimum absolute atomic E-state index is 0.271. The van der Waals surface area contributed by atoms with E-state index in [4.69, 9.17) is 11.6 Å². The number of anilines is 4. The molecule has 3 aromatic rings. The fourth-order valence-electron chi connectivity index (χ4n) is 4.15. The Kier molecular flexibility index (Phi) is 5.41. The molecule has 0 unspecified atom stereocenters. The van der Waals surface area contributed by atoms with E-state index in [0.29, 0.717) is 51.6 Å². The number of benzene rings is 1. The lowest BCUT2D eigenvalue weighted by atomic mass is 10.1. The van der Waals surface area contributed by atoms with Crippen LogP contribution in [0.25, 0.3) is 5.65 Å². The maximum Gasteiger partial charge on any atom is 0.232 e. The van der Waals surface area contributed by atoms with E-state index in [-0.39, 0.29) is 5.95 Å². The van der Waals surface area contributed by atoms with Gasteiger partial charge in [-0.3, -0.25) is 0 Å². The summed E-state index contributed by atoms with van der Waals surface area (Å²) < 4.78 is 1.53. The molecule has 11 heteroatoms. The molecule has 5 rings (SSSR count). The second-order valence-corrected chi connectivity index (χ2v) is 9.04. The van der Waals surface area contributed by atoms with Crippen molar-refractivity contribution in [1.82, 2.24) is 24.9 Å². The standard InChI is InChI=1S/C22H23ClN10/c1-12-10-32(11-13(2)27-12)18-6-14(7-24)5-17(19(18)23)29-21-30-20-15(8-25)9-26-33(20)22(31-21)28-16-3-4-16/h5-6,9,12-13,16,27H,3-4,10-11H2,1-2H3,(H2,28,29,30,31)/t12-,13-/m1/s1. The Morgan fingerprint density at radius 1 is 1.12 bits per heavy atom. The molecule has 3 heterocycles. The van der Waals surface area contributed by atoms with Crippen molar-refractivity contribution in [3.8, 4) is 12.1 Å². The molecule has 168 valence electrons. The van der Waals surface area contributed by atoms with Gasteiger partial charge in [0.05, 0.1) is 34.2 Å². The SMILES string of the molecule is C[C@@H]1CN(c2cc(C#N)cc(Nc3nc(NC4CC4)n4ncc(C#N)c4n3)c2Cl)C[C@@H](C)N1. The average Bonchev–Trinajstić information content (AvgIpc) is 3.50. The Balaban J connectivity index is 1.55. The number of nitrogens with one attached hydrogen (secondary N) is 3. The van der Waals surface area contributed by atoms with Crippen molar-refractivity contribution < 1.29 is 0 Å². The third-order valence-corrected chi connectivity index (χ3v) is 6.12. The van der Waals surface area contributed by atoms with E-state index in [0.717, 1.165) is 31.6 Å². The Morgan fingerprint density at radius 2 is 1.88 bits per heavy atom. The van der Waals surface area contributed by atoms with Gasteiger partial charge in [0, 0.05) is 31.2 Å². The molecule has 2 aliphatic rings. The maximum absolute atomic E-state index is 9.64. The number of rotatable bonds is 5. The predicted molar refractivity (Wildman–Crippen MR) is 126 cm³/mol. The van der Waals surface area contributed by atoms with E-state index in [1.54, 1.807) is 6.07 Å². The molecule has 1 saturated heterocycles. The normalized spacial score (nSPS) is 20.3. The first-order chi connectivity index (χ1) is 15.9. The minimum atomic E-state index is 0.271. The molecule has 10 nitrogen and oxygen atoms in total. The number of halogens is 1. The van der Waals surface area contributed by atoms with Gasteiger partial charge in [-0.2, -0.15) is 30.1 Å². The van der Waals surface area contributed by atoms with Crippen LogP contribution in [0.3, 0.4) is 0 Å². The van der Waals surface area contributed by atoms with Crippen LogP contribution in [0.4, 0.5) is 23.3 Å². The van der Waals surface area contributed by atoms with Crippen molar-refractivity contribution in [3.63, 3.8) is 0 Å². The summed E-state index contributed by atoms with van der Waals surface area (Å²) in [6, 6.07) is 8.75. The third kappa shape index (κ3) is 4.23. The Bertz CT molecular complexity index is 1290. The summed E-state index contributed by atoms with van der Waals surface area (Å²) >= 11 is 6.83. The number of fused-ring (bicyclic) bond motifs is 1. The highest BCUT2D eigenvalue weighted by Crippen LogP contribution is 2.37. The zero-order valence-electron chi connectivity index (χ0n) is 18.3. The number of piperazine rings is 1. The summed E-state index contributed by atoms with van der Waals surface area (Å²) in [6.45, 7) is 5.80. The summed E-state index contributed by atoms with van der Waals surface area (Å²) in [5, 5.41) is 33.8. The first kappa shape index (κ1) is 21.3. The van der Waals surface area contributed by atoms with Gasteiger partial charge < -0.3 is 20.9 Å². The van der Waals surface area contributed by atoms with E-state index in [2.05, 4.69) is 61.9 Å². The van der Waals surface area contributed by atoms with Crippen molar-refractivity contribution in [1.29, 1.82) is 10.5 Å². The van der Waals surface area contributed by atoms with E-state index in [1.165, 1.54) is 10.7 Å². The van der Waals surface area contributed by atoms with Gasteiger partial charge in [0.15, 0.2) is 5.65 Å². The third-order valence-electron chi connectivity index (χ3n) is 5.73. The van der Waals surface area contributed by atoms with Gasteiger partial charge in [0.1, 0.15) is 11.6 Å². The van der Waals surface area contributed by atoms with Crippen LogP contribution in [0.1, 0.15) is 37.8 Å². The Morgan fingerprint density at radius 3 is 2.55 bits per heavy atom.